The van der Waals surface area contributed by atoms with Crippen LogP contribution in [0.4, 0.5) is 5.82 Å². The highest BCUT2D eigenvalue weighted by molar-refractivity contribution is 5.93. The highest BCUT2D eigenvalue weighted by Crippen LogP contribution is 2.25. The first-order valence-electron chi connectivity index (χ1n) is 9.38. The molecule has 1 amide bonds. The first-order chi connectivity index (χ1) is 13.2. The van der Waals surface area contributed by atoms with Crippen molar-refractivity contribution in [2.45, 2.75) is 32.6 Å². The first-order valence-corrected chi connectivity index (χ1v) is 9.38. The number of hydrogen-bond acceptors (Lipinski definition) is 7. The summed E-state index contributed by atoms with van der Waals surface area (Å²) in [6.45, 7) is 4.22. The zero-order chi connectivity index (χ0) is 18.4. The number of amides is 1. The number of aryl methyl sites for hydroxylation is 2. The Morgan fingerprint density at radius 2 is 2.11 bits per heavy atom. The van der Waals surface area contributed by atoms with Crippen LogP contribution in [0.25, 0.3) is 5.65 Å². The average Bonchev–Trinajstić information content (AvgIpc) is 3.24. The normalized spacial score (nSPS) is 17.0. The van der Waals surface area contributed by atoms with E-state index >= 15 is 0 Å². The number of carbonyl (C=O) groups excluding carboxylic acids is 1. The molecule has 1 N–H and O–H groups in total. The fraction of sp³-hybridized carbons (Fsp3) is 0.500. The number of nitrogens with one attached hydrogen (secondary N) is 1. The van der Waals surface area contributed by atoms with Crippen LogP contribution in [0.15, 0.2) is 16.7 Å². The van der Waals surface area contributed by atoms with Crippen LogP contribution in [-0.4, -0.2) is 50.5 Å². The molecule has 0 saturated carbocycles. The Labute approximate surface area is 155 Å². The molecule has 140 valence electrons. The molecule has 1 saturated heterocycles. The second-order valence-electron chi connectivity index (χ2n) is 7.33. The molecule has 0 bridgehead atoms. The number of carbonyl (C=O) groups is 1. The fourth-order valence-electron chi connectivity index (χ4n) is 3.83. The Kier molecular flexibility index (Phi) is 3.80. The molecule has 1 aliphatic carbocycles. The van der Waals surface area contributed by atoms with Gasteiger partial charge < -0.3 is 14.7 Å². The molecule has 0 spiro atoms. The van der Waals surface area contributed by atoms with E-state index in [0.717, 1.165) is 67.3 Å². The lowest BCUT2D eigenvalue weighted by atomic mass is 9.95. The van der Waals surface area contributed by atoms with Crippen molar-refractivity contribution in [3.8, 4) is 0 Å². The maximum Gasteiger partial charge on any atom is 0.290 e. The number of fused-ring (bicyclic) bond motifs is 2. The van der Waals surface area contributed by atoms with Crippen LogP contribution in [0.3, 0.4) is 0 Å². The Bertz CT molecular complexity index is 1000. The second-order valence-corrected chi connectivity index (χ2v) is 7.33. The lowest BCUT2D eigenvalue weighted by Gasteiger charge is -2.40. The molecule has 4 heterocycles. The number of nitrogens with zero attached hydrogens (tertiary/aromatic N) is 6. The Morgan fingerprint density at radius 3 is 3.00 bits per heavy atom. The summed E-state index contributed by atoms with van der Waals surface area (Å²) < 4.78 is 7.05. The number of hydrogen-bond donors (Lipinski definition) is 1. The monoisotopic (exact) mass is 367 g/mol. The molecule has 3 aromatic rings. The number of anilines is 1. The third kappa shape index (κ3) is 2.83. The lowest BCUT2D eigenvalue weighted by Crippen LogP contribution is -2.52. The molecule has 0 atom stereocenters. The van der Waals surface area contributed by atoms with Gasteiger partial charge in [0.2, 0.25) is 5.76 Å². The molecule has 0 aromatic carbocycles. The van der Waals surface area contributed by atoms with Crippen LogP contribution in [0, 0.1) is 12.8 Å². The van der Waals surface area contributed by atoms with Crippen LogP contribution in [-0.2, 0) is 12.8 Å². The van der Waals surface area contributed by atoms with Crippen LogP contribution >= 0.6 is 0 Å². The van der Waals surface area contributed by atoms with Gasteiger partial charge in [-0.25, -0.2) is 0 Å². The van der Waals surface area contributed by atoms with E-state index in [1.807, 2.05) is 19.1 Å². The third-order valence-electron chi connectivity index (χ3n) is 5.40. The van der Waals surface area contributed by atoms with Gasteiger partial charge in [0.25, 0.3) is 5.91 Å². The topological polar surface area (TPSA) is 101 Å². The molecule has 5 rings (SSSR count). The quantitative estimate of drug-likeness (QED) is 0.738. The average molecular weight is 367 g/mol. The maximum absolute atomic E-state index is 12.4. The van der Waals surface area contributed by atoms with Crippen molar-refractivity contribution in [1.29, 1.82) is 0 Å². The van der Waals surface area contributed by atoms with Gasteiger partial charge in [0.05, 0.1) is 5.69 Å². The van der Waals surface area contributed by atoms with Crippen LogP contribution in [0.5, 0.6) is 0 Å². The molecular weight excluding hydrogens is 346 g/mol. The minimum Gasteiger partial charge on any atom is -0.354 e. The van der Waals surface area contributed by atoms with E-state index in [0.29, 0.717) is 18.2 Å². The highest BCUT2D eigenvalue weighted by atomic mass is 16.5. The van der Waals surface area contributed by atoms with E-state index in [1.165, 1.54) is 0 Å². The summed E-state index contributed by atoms with van der Waals surface area (Å²) in [6, 6.07) is 3.88. The van der Waals surface area contributed by atoms with Gasteiger partial charge in [-0.15, -0.1) is 15.3 Å². The van der Waals surface area contributed by atoms with Crippen molar-refractivity contribution < 1.29 is 9.32 Å². The minimum atomic E-state index is -0.149. The van der Waals surface area contributed by atoms with Crippen molar-refractivity contribution in [2.24, 2.45) is 5.92 Å². The summed E-state index contributed by atoms with van der Waals surface area (Å²) in [5, 5.41) is 19.7. The van der Waals surface area contributed by atoms with Gasteiger partial charge in [-0.1, -0.05) is 5.16 Å². The molecule has 1 fully saturated rings. The largest absolute Gasteiger partial charge is 0.354 e. The van der Waals surface area contributed by atoms with Gasteiger partial charge in [0.1, 0.15) is 5.82 Å². The van der Waals surface area contributed by atoms with Gasteiger partial charge in [-0.05, 0) is 44.7 Å². The first kappa shape index (κ1) is 16.2. The molecule has 0 unspecified atom stereocenters. The lowest BCUT2D eigenvalue weighted by molar-refractivity contribution is 0.0906. The van der Waals surface area contributed by atoms with E-state index < -0.39 is 0 Å². The van der Waals surface area contributed by atoms with Crippen LogP contribution < -0.4 is 10.2 Å². The molecule has 27 heavy (non-hydrogen) atoms. The Morgan fingerprint density at radius 1 is 1.26 bits per heavy atom. The highest BCUT2D eigenvalue weighted by Gasteiger charge is 2.30. The van der Waals surface area contributed by atoms with Crippen molar-refractivity contribution in [3.05, 3.63) is 35.0 Å². The van der Waals surface area contributed by atoms with E-state index in [4.69, 9.17) is 4.52 Å². The molecule has 1 aliphatic heterocycles. The van der Waals surface area contributed by atoms with E-state index in [-0.39, 0.29) is 5.91 Å². The SMILES string of the molecule is Cc1nnc2ccc(N3CC(CNC(=O)c4onc5c4CCCC5)C3)nn12. The van der Waals surface area contributed by atoms with Crippen molar-refractivity contribution in [2.75, 3.05) is 24.5 Å². The molecule has 2 aliphatic rings. The van der Waals surface area contributed by atoms with Crippen molar-refractivity contribution in [1.82, 2.24) is 30.3 Å². The molecule has 3 aromatic heterocycles. The van der Waals surface area contributed by atoms with Gasteiger partial charge in [0.15, 0.2) is 11.5 Å². The summed E-state index contributed by atoms with van der Waals surface area (Å²) in [5.74, 6) is 2.32. The standard InChI is InChI=1S/C18H21N7O2/c1-11-20-21-15-6-7-16(22-25(11)15)24-9-12(10-24)8-19-18(26)17-13-4-2-3-5-14(13)23-27-17/h6-7,12H,2-5,8-10H2,1H3,(H,19,26). The maximum atomic E-state index is 12.4. The van der Waals surface area contributed by atoms with Gasteiger partial charge in [0, 0.05) is 31.1 Å². The number of rotatable bonds is 4. The summed E-state index contributed by atoms with van der Waals surface area (Å²) >= 11 is 0. The van der Waals surface area contributed by atoms with Crippen molar-refractivity contribution in [3.63, 3.8) is 0 Å². The summed E-state index contributed by atoms with van der Waals surface area (Å²) in [6.07, 6.45) is 4.00. The third-order valence-corrected chi connectivity index (χ3v) is 5.40. The second kappa shape index (κ2) is 6.33. The zero-order valence-electron chi connectivity index (χ0n) is 15.2. The minimum absolute atomic E-state index is 0.149. The van der Waals surface area contributed by atoms with E-state index in [9.17, 15) is 4.79 Å². The van der Waals surface area contributed by atoms with Gasteiger partial charge >= 0.3 is 0 Å². The van der Waals surface area contributed by atoms with Gasteiger partial charge in [-0.3, -0.25) is 4.79 Å². The smallest absolute Gasteiger partial charge is 0.290 e. The van der Waals surface area contributed by atoms with Crippen LogP contribution in [0.2, 0.25) is 0 Å². The van der Waals surface area contributed by atoms with E-state index in [2.05, 4.69) is 30.7 Å². The number of aromatic nitrogens is 5. The zero-order valence-corrected chi connectivity index (χ0v) is 15.2. The Balaban J connectivity index is 1.17. The predicted molar refractivity (Wildman–Crippen MR) is 96.7 cm³/mol. The van der Waals surface area contributed by atoms with Gasteiger partial charge in [-0.2, -0.15) is 4.52 Å². The van der Waals surface area contributed by atoms with E-state index in [1.54, 1.807) is 4.52 Å². The Hall–Kier alpha value is -2.97. The predicted octanol–water partition coefficient (Wildman–Crippen LogP) is 1.17. The molecule has 9 heteroatoms. The molecule has 0 radical (unpaired) electrons. The molecule has 9 nitrogen and oxygen atoms in total. The summed E-state index contributed by atoms with van der Waals surface area (Å²) in [5.41, 5.74) is 2.69. The summed E-state index contributed by atoms with van der Waals surface area (Å²) in [7, 11) is 0. The fourth-order valence-corrected chi connectivity index (χ4v) is 3.83. The van der Waals surface area contributed by atoms with Crippen molar-refractivity contribution >= 4 is 17.4 Å². The summed E-state index contributed by atoms with van der Waals surface area (Å²) in [4.78, 5) is 14.6. The molecular formula is C18H21N7O2. The van der Waals surface area contributed by atoms with Crippen LogP contribution in [0.1, 0.15) is 40.5 Å².